The van der Waals surface area contributed by atoms with Crippen molar-refractivity contribution in [1.82, 2.24) is 9.97 Å². The minimum atomic E-state index is -4.52. The number of aromatic nitrogens is 2. The zero-order chi connectivity index (χ0) is 13.1. The van der Waals surface area contributed by atoms with Gasteiger partial charge in [0.1, 0.15) is 12.9 Å². The van der Waals surface area contributed by atoms with Gasteiger partial charge in [-0.15, -0.1) is 0 Å². The summed E-state index contributed by atoms with van der Waals surface area (Å²) in [6.07, 6.45) is -3.67. The fourth-order valence-corrected chi connectivity index (χ4v) is 0.971. The van der Waals surface area contributed by atoms with Gasteiger partial charge in [-0.1, -0.05) is 0 Å². The summed E-state index contributed by atoms with van der Waals surface area (Å²) in [4.78, 5) is 16.5. The predicted molar refractivity (Wildman–Crippen MR) is 51.0 cm³/mol. The van der Waals surface area contributed by atoms with Crippen LogP contribution in [0.1, 0.15) is 0 Å². The molecule has 0 bridgehead atoms. The zero-order valence-electron chi connectivity index (χ0n) is 8.15. The molecule has 17 heavy (non-hydrogen) atoms. The molecule has 0 saturated heterocycles. The molecule has 1 heterocycles. The van der Waals surface area contributed by atoms with Gasteiger partial charge in [0.25, 0.3) is 0 Å². The van der Waals surface area contributed by atoms with Crippen LogP contribution in [0.4, 0.5) is 30.5 Å². The summed E-state index contributed by atoms with van der Waals surface area (Å²) < 4.78 is 35.8. The van der Waals surface area contributed by atoms with Gasteiger partial charge in [0, 0.05) is 0 Å². The Hall–Kier alpha value is -2.17. The zero-order valence-corrected chi connectivity index (χ0v) is 8.15. The Bertz CT molecular complexity index is 423. The molecule has 4 N–H and O–H groups in total. The van der Waals surface area contributed by atoms with Crippen LogP contribution >= 0.6 is 0 Å². The van der Waals surface area contributed by atoms with E-state index in [1.165, 1.54) is 0 Å². The van der Waals surface area contributed by atoms with Crippen molar-refractivity contribution in [2.75, 3.05) is 17.3 Å². The Morgan fingerprint density at radius 2 is 2.00 bits per heavy atom. The third-order valence-corrected chi connectivity index (χ3v) is 1.60. The molecule has 1 aromatic heterocycles. The van der Waals surface area contributed by atoms with Crippen molar-refractivity contribution in [1.29, 1.82) is 0 Å². The first kappa shape index (κ1) is 12.9. The summed E-state index contributed by atoms with van der Waals surface area (Å²) >= 11 is 0. The lowest BCUT2D eigenvalue weighted by atomic mass is 10.4. The van der Waals surface area contributed by atoms with Crippen LogP contribution in [0.5, 0.6) is 0 Å². The van der Waals surface area contributed by atoms with Gasteiger partial charge < -0.3 is 10.7 Å². The molecule has 0 atom stereocenters. The van der Waals surface area contributed by atoms with Crippen molar-refractivity contribution in [2.24, 2.45) is 5.84 Å². The van der Waals surface area contributed by atoms with E-state index in [0.717, 1.165) is 6.33 Å². The Morgan fingerprint density at radius 3 is 2.47 bits per heavy atom. The molecule has 0 aromatic carbocycles. The van der Waals surface area contributed by atoms with Crippen molar-refractivity contribution in [3.63, 3.8) is 0 Å². The van der Waals surface area contributed by atoms with Gasteiger partial charge in [0.15, 0.2) is 0 Å². The largest absolute Gasteiger partial charge is 0.405 e. The fourth-order valence-electron chi connectivity index (χ4n) is 0.971. The van der Waals surface area contributed by atoms with E-state index >= 15 is 0 Å². The normalized spacial score (nSPS) is 11.1. The molecule has 0 aliphatic heterocycles. The van der Waals surface area contributed by atoms with Crippen molar-refractivity contribution in [3.05, 3.63) is 16.4 Å². The highest BCUT2D eigenvalue weighted by Crippen LogP contribution is 2.28. The first-order valence-electron chi connectivity index (χ1n) is 4.12. The monoisotopic (exact) mass is 252 g/mol. The second-order valence-corrected chi connectivity index (χ2v) is 2.79. The van der Waals surface area contributed by atoms with Gasteiger partial charge in [0.2, 0.25) is 11.6 Å². The molecule has 8 nitrogen and oxygen atoms in total. The molecule has 0 radical (unpaired) electrons. The smallest absolute Gasteiger partial charge is 0.355 e. The van der Waals surface area contributed by atoms with Crippen molar-refractivity contribution in [3.8, 4) is 0 Å². The summed E-state index contributed by atoms with van der Waals surface area (Å²) in [5.41, 5.74) is 1.15. The maximum absolute atomic E-state index is 11.9. The highest BCUT2D eigenvalue weighted by atomic mass is 19.4. The minimum absolute atomic E-state index is 0.380. The van der Waals surface area contributed by atoms with Crippen molar-refractivity contribution >= 4 is 17.3 Å². The van der Waals surface area contributed by atoms with Gasteiger partial charge in [-0.25, -0.2) is 15.8 Å². The molecule has 94 valence electrons. The average Bonchev–Trinajstić information content (AvgIpc) is 2.24. The quantitative estimate of drug-likeness (QED) is 0.408. The van der Waals surface area contributed by atoms with E-state index in [9.17, 15) is 23.3 Å². The number of nitrogens with one attached hydrogen (secondary N) is 2. The van der Waals surface area contributed by atoms with Crippen LogP contribution < -0.4 is 16.6 Å². The molecule has 0 amide bonds. The number of nitro groups is 1. The predicted octanol–water partition coefficient (Wildman–Crippen LogP) is 0.645. The van der Waals surface area contributed by atoms with Gasteiger partial charge in [-0.3, -0.25) is 10.1 Å². The van der Waals surface area contributed by atoms with E-state index in [-0.39, 0.29) is 5.82 Å². The van der Waals surface area contributed by atoms with E-state index < -0.39 is 29.1 Å². The van der Waals surface area contributed by atoms with Crippen molar-refractivity contribution < 1.29 is 18.1 Å². The number of anilines is 2. The van der Waals surface area contributed by atoms with Crippen LogP contribution in [-0.2, 0) is 0 Å². The van der Waals surface area contributed by atoms with E-state index in [1.54, 1.807) is 5.32 Å². The van der Waals surface area contributed by atoms with Crippen LogP contribution in [0.3, 0.4) is 0 Å². The van der Waals surface area contributed by atoms with E-state index in [1.807, 2.05) is 5.43 Å². The number of rotatable bonds is 4. The van der Waals surface area contributed by atoms with Crippen LogP contribution in [0.25, 0.3) is 0 Å². The summed E-state index contributed by atoms with van der Waals surface area (Å²) in [6, 6.07) is 0. The molecule has 0 fully saturated rings. The number of nitrogen functional groups attached to an aromatic ring is 1. The van der Waals surface area contributed by atoms with Gasteiger partial charge in [0.05, 0.1) is 4.92 Å². The maximum atomic E-state index is 11.9. The number of hydrogen-bond donors (Lipinski definition) is 3. The summed E-state index contributed by atoms with van der Waals surface area (Å²) in [7, 11) is 0. The maximum Gasteiger partial charge on any atom is 0.405 e. The van der Waals surface area contributed by atoms with Gasteiger partial charge in [-0.05, 0) is 0 Å². The molecule has 0 saturated carbocycles. The summed E-state index contributed by atoms with van der Waals surface area (Å²) in [6.45, 7) is -1.45. The second-order valence-electron chi connectivity index (χ2n) is 2.79. The second kappa shape index (κ2) is 4.78. The third kappa shape index (κ3) is 3.41. The Kier molecular flexibility index (Phi) is 3.62. The lowest BCUT2D eigenvalue weighted by Crippen LogP contribution is -2.23. The van der Waals surface area contributed by atoms with E-state index in [2.05, 4.69) is 9.97 Å². The fraction of sp³-hybridized carbons (Fsp3) is 0.333. The topological polar surface area (TPSA) is 119 Å². The first-order valence-corrected chi connectivity index (χ1v) is 4.12. The molecule has 11 heteroatoms. The van der Waals surface area contributed by atoms with Gasteiger partial charge >= 0.3 is 11.9 Å². The molecule has 0 aliphatic carbocycles. The number of hydrogen-bond acceptors (Lipinski definition) is 7. The summed E-state index contributed by atoms with van der Waals surface area (Å²) in [5.74, 6) is 4.00. The highest BCUT2D eigenvalue weighted by Gasteiger charge is 2.30. The number of nitrogens with two attached hydrogens (primary N) is 1. The van der Waals surface area contributed by atoms with Crippen LogP contribution in [0.2, 0.25) is 0 Å². The van der Waals surface area contributed by atoms with Crippen LogP contribution in [0, 0.1) is 10.1 Å². The molecular formula is C6H7F3N6O2. The van der Waals surface area contributed by atoms with E-state index in [4.69, 9.17) is 5.84 Å². The standard InChI is InChI=1S/C6H7F3N6O2/c7-6(8,9)1-11-4-3(15(16)17)5(14-10)13-2-12-4/h2H,1,10H2,(H2,11,12,13,14). The first-order chi connectivity index (χ1) is 7.85. The Morgan fingerprint density at radius 1 is 1.41 bits per heavy atom. The molecule has 0 aliphatic rings. The Balaban J connectivity index is 3.02. The molecule has 0 unspecified atom stereocenters. The summed E-state index contributed by atoms with van der Waals surface area (Å²) in [5, 5.41) is 12.4. The molecule has 0 spiro atoms. The minimum Gasteiger partial charge on any atom is -0.355 e. The van der Waals surface area contributed by atoms with Crippen molar-refractivity contribution in [2.45, 2.75) is 6.18 Å². The lowest BCUT2D eigenvalue weighted by Gasteiger charge is -2.09. The number of halogens is 3. The Labute approximate surface area is 92.2 Å². The molecular weight excluding hydrogens is 245 g/mol. The number of hydrazine groups is 1. The molecule has 1 rings (SSSR count). The third-order valence-electron chi connectivity index (χ3n) is 1.60. The number of nitrogens with zero attached hydrogens (tertiary/aromatic N) is 3. The van der Waals surface area contributed by atoms with E-state index in [0.29, 0.717) is 0 Å². The van der Waals surface area contributed by atoms with Crippen LogP contribution in [-0.4, -0.2) is 27.6 Å². The van der Waals surface area contributed by atoms with Gasteiger partial charge in [-0.2, -0.15) is 13.2 Å². The highest BCUT2D eigenvalue weighted by molar-refractivity contribution is 5.68. The average molecular weight is 252 g/mol. The van der Waals surface area contributed by atoms with Crippen LogP contribution in [0.15, 0.2) is 6.33 Å². The molecule has 1 aromatic rings. The SMILES string of the molecule is NNc1ncnc(NCC(F)(F)F)c1[N+](=O)[O-]. The lowest BCUT2D eigenvalue weighted by molar-refractivity contribution is -0.383. The number of alkyl halides is 3.